The van der Waals surface area contributed by atoms with Crippen LogP contribution in [-0.4, -0.2) is 29.1 Å². The Balaban J connectivity index is 1.87. The number of hydrogen-bond acceptors (Lipinski definition) is 5. The van der Waals surface area contributed by atoms with Gasteiger partial charge in [0, 0.05) is 19.2 Å². The molecule has 176 valence electrons. The van der Waals surface area contributed by atoms with Crippen molar-refractivity contribution >= 4 is 35.1 Å². The fourth-order valence-electron chi connectivity index (χ4n) is 3.27. The van der Waals surface area contributed by atoms with Crippen LogP contribution in [0.25, 0.3) is 0 Å². The maximum Gasteiger partial charge on any atom is 0.433 e. The van der Waals surface area contributed by atoms with E-state index in [0.29, 0.717) is 17.2 Å². The summed E-state index contributed by atoms with van der Waals surface area (Å²) in [5.74, 6) is -0.635. The zero-order chi connectivity index (χ0) is 24.0. The first-order valence-corrected chi connectivity index (χ1v) is 11.7. The van der Waals surface area contributed by atoms with Crippen molar-refractivity contribution in [3.8, 4) is 0 Å². The Morgan fingerprint density at radius 1 is 1.21 bits per heavy atom. The molecule has 2 amide bonds. The molecule has 0 spiro atoms. The third-order valence-corrected chi connectivity index (χ3v) is 5.48. The highest BCUT2D eigenvalue weighted by atomic mass is 32.2. The number of para-hydroxylation sites is 1. The Hall–Kier alpha value is -3.01. The topological polar surface area (TPSA) is 83.1 Å². The highest BCUT2D eigenvalue weighted by molar-refractivity contribution is 8.01. The van der Waals surface area contributed by atoms with Crippen LogP contribution in [0.5, 0.6) is 0 Å². The van der Waals surface area contributed by atoms with Gasteiger partial charge in [0.25, 0.3) is 5.91 Å². The molecule has 3 N–H and O–H groups in total. The molecule has 2 aromatic rings. The molecule has 0 radical (unpaired) electrons. The summed E-state index contributed by atoms with van der Waals surface area (Å²) < 4.78 is 39.9. The number of halogens is 3. The van der Waals surface area contributed by atoms with Crippen LogP contribution in [-0.2, 0) is 17.5 Å². The minimum Gasteiger partial charge on any atom is -0.365 e. The van der Waals surface area contributed by atoms with Crippen molar-refractivity contribution in [1.29, 1.82) is 0 Å². The minimum absolute atomic E-state index is 0.0169. The van der Waals surface area contributed by atoms with E-state index in [1.54, 1.807) is 24.3 Å². The van der Waals surface area contributed by atoms with Crippen molar-refractivity contribution in [3.63, 3.8) is 0 Å². The average Bonchev–Trinajstić information content (AvgIpc) is 3.60. The van der Waals surface area contributed by atoms with Gasteiger partial charge < -0.3 is 16.0 Å². The number of aromatic nitrogens is 1. The molecule has 1 fully saturated rings. The van der Waals surface area contributed by atoms with Crippen LogP contribution in [0, 0.1) is 5.92 Å². The molecule has 0 bridgehead atoms. The highest BCUT2D eigenvalue weighted by Gasteiger charge is 2.35. The van der Waals surface area contributed by atoms with Crippen molar-refractivity contribution in [1.82, 2.24) is 10.3 Å². The number of alkyl halides is 3. The molecule has 1 saturated carbocycles. The predicted octanol–water partition coefficient (Wildman–Crippen LogP) is 5.06. The molecular formula is C23H25F3N4O2S. The highest BCUT2D eigenvalue weighted by Crippen LogP contribution is 2.34. The van der Waals surface area contributed by atoms with Crippen LogP contribution in [0.2, 0.25) is 0 Å². The van der Waals surface area contributed by atoms with E-state index in [-0.39, 0.29) is 29.9 Å². The molecule has 3 rings (SSSR count). The van der Waals surface area contributed by atoms with Crippen molar-refractivity contribution in [3.05, 3.63) is 64.7 Å². The van der Waals surface area contributed by atoms with Gasteiger partial charge in [-0.15, -0.1) is 11.8 Å². The van der Waals surface area contributed by atoms with Gasteiger partial charge in [0.2, 0.25) is 5.91 Å². The van der Waals surface area contributed by atoms with Crippen molar-refractivity contribution in [2.45, 2.75) is 38.5 Å². The third kappa shape index (κ3) is 6.98. The summed E-state index contributed by atoms with van der Waals surface area (Å²) in [6.07, 6.45) is 1.12. The van der Waals surface area contributed by atoms with E-state index in [0.717, 1.165) is 25.0 Å². The summed E-state index contributed by atoms with van der Waals surface area (Å²) in [4.78, 5) is 28.1. The van der Waals surface area contributed by atoms with Crippen LogP contribution in [0.1, 0.15) is 41.4 Å². The van der Waals surface area contributed by atoms with Gasteiger partial charge in [0.15, 0.2) is 0 Å². The van der Waals surface area contributed by atoms with E-state index in [4.69, 9.17) is 0 Å². The number of benzene rings is 1. The lowest BCUT2D eigenvalue weighted by atomic mass is 10.1. The zero-order valence-corrected chi connectivity index (χ0v) is 19.0. The molecule has 1 aromatic carbocycles. The van der Waals surface area contributed by atoms with Crippen LogP contribution >= 0.6 is 11.8 Å². The number of nitrogens with one attached hydrogen (secondary N) is 3. The van der Waals surface area contributed by atoms with Crippen LogP contribution in [0.4, 0.5) is 24.7 Å². The summed E-state index contributed by atoms with van der Waals surface area (Å²) in [7, 11) is 0. The van der Waals surface area contributed by atoms with E-state index in [9.17, 15) is 22.8 Å². The monoisotopic (exact) mass is 478 g/mol. The molecule has 33 heavy (non-hydrogen) atoms. The largest absolute Gasteiger partial charge is 0.433 e. The van der Waals surface area contributed by atoms with Crippen LogP contribution < -0.4 is 16.0 Å². The summed E-state index contributed by atoms with van der Waals surface area (Å²) in [6.45, 7) is 1.42. The van der Waals surface area contributed by atoms with Gasteiger partial charge in [-0.3, -0.25) is 9.59 Å². The molecule has 1 heterocycles. The summed E-state index contributed by atoms with van der Waals surface area (Å²) in [5, 5.41) is 10.3. The number of pyridine rings is 1. The first kappa shape index (κ1) is 24.6. The maximum atomic E-state index is 13.3. The van der Waals surface area contributed by atoms with Gasteiger partial charge in [-0.2, -0.15) is 13.2 Å². The van der Waals surface area contributed by atoms with Crippen molar-refractivity contribution in [2.24, 2.45) is 5.92 Å². The van der Waals surface area contributed by atoms with E-state index in [1.807, 2.05) is 17.7 Å². The number of carbonyl (C=O) groups is 2. The van der Waals surface area contributed by atoms with Gasteiger partial charge in [-0.05, 0) is 54.2 Å². The SMILES string of the molecule is CS/C=C/C(NC(=O)c1ccc(C(F)(F)F)nc1NCc1ccccc1NC(C)=O)C1CC1. The van der Waals surface area contributed by atoms with Crippen LogP contribution in [0.15, 0.2) is 47.9 Å². The Kier molecular flexibility index (Phi) is 8.01. The molecular weight excluding hydrogens is 453 g/mol. The zero-order valence-electron chi connectivity index (χ0n) is 18.2. The standard InChI is InChI=1S/C23H25F3N4O2S/c1-14(31)28-18-6-4-3-5-16(18)13-27-21-17(9-10-20(30-21)23(24,25)26)22(32)29-19(11-12-33-2)15-7-8-15/h3-6,9-12,15,19H,7-8,13H2,1-2H3,(H,27,30)(H,28,31)(H,29,32)/b12-11+. The Bertz CT molecular complexity index is 1040. The first-order valence-electron chi connectivity index (χ1n) is 10.4. The Morgan fingerprint density at radius 3 is 2.58 bits per heavy atom. The predicted molar refractivity (Wildman–Crippen MR) is 124 cm³/mol. The molecule has 1 unspecified atom stereocenters. The molecule has 0 saturated heterocycles. The summed E-state index contributed by atoms with van der Waals surface area (Å²) in [6, 6.07) is 8.63. The van der Waals surface area contributed by atoms with E-state index in [1.165, 1.54) is 18.7 Å². The number of carbonyl (C=O) groups excluding carboxylic acids is 2. The minimum atomic E-state index is -4.66. The van der Waals surface area contributed by atoms with Gasteiger partial charge >= 0.3 is 6.18 Å². The second-order valence-corrected chi connectivity index (χ2v) is 8.43. The van der Waals surface area contributed by atoms with E-state index in [2.05, 4.69) is 20.9 Å². The fraction of sp³-hybridized carbons (Fsp3) is 0.348. The smallest absolute Gasteiger partial charge is 0.365 e. The summed E-state index contributed by atoms with van der Waals surface area (Å²) in [5.41, 5.74) is 0.0736. The molecule has 10 heteroatoms. The van der Waals surface area contributed by atoms with Gasteiger partial charge in [-0.1, -0.05) is 24.3 Å². The first-order chi connectivity index (χ1) is 15.7. The lowest BCUT2D eigenvalue weighted by Gasteiger charge is -2.18. The van der Waals surface area contributed by atoms with E-state index >= 15 is 0 Å². The molecule has 0 aliphatic heterocycles. The number of nitrogens with zero attached hydrogens (tertiary/aromatic N) is 1. The van der Waals surface area contributed by atoms with Gasteiger partial charge in [0.1, 0.15) is 11.5 Å². The van der Waals surface area contributed by atoms with Crippen LogP contribution in [0.3, 0.4) is 0 Å². The molecule has 6 nitrogen and oxygen atoms in total. The normalized spacial score (nSPS) is 14.7. The second-order valence-electron chi connectivity index (χ2n) is 7.68. The van der Waals surface area contributed by atoms with Gasteiger partial charge in [0.05, 0.1) is 11.6 Å². The number of anilines is 2. The quantitative estimate of drug-likeness (QED) is 0.470. The molecule has 1 atom stereocenters. The number of thioether (sulfide) groups is 1. The number of rotatable bonds is 9. The fourth-order valence-corrected chi connectivity index (χ4v) is 3.60. The molecule has 1 aliphatic rings. The van der Waals surface area contributed by atoms with Crippen molar-refractivity contribution < 1.29 is 22.8 Å². The Morgan fingerprint density at radius 2 is 1.94 bits per heavy atom. The van der Waals surface area contributed by atoms with Crippen molar-refractivity contribution in [2.75, 3.05) is 16.9 Å². The number of hydrogen-bond donors (Lipinski definition) is 3. The van der Waals surface area contributed by atoms with Gasteiger partial charge in [-0.25, -0.2) is 4.98 Å². The lowest BCUT2D eigenvalue weighted by Crippen LogP contribution is -2.35. The average molecular weight is 479 g/mol. The lowest BCUT2D eigenvalue weighted by molar-refractivity contribution is -0.141. The van der Waals surface area contributed by atoms with E-state index < -0.39 is 17.8 Å². The molecule has 1 aliphatic carbocycles. The number of amides is 2. The second kappa shape index (κ2) is 10.7. The Labute approximate surface area is 194 Å². The summed E-state index contributed by atoms with van der Waals surface area (Å²) >= 11 is 1.51. The third-order valence-electron chi connectivity index (χ3n) is 5.05. The molecule has 1 aromatic heterocycles. The maximum absolute atomic E-state index is 13.3.